The molecule has 3 atom stereocenters. The molecular formula is C41H36F6N2O6. The molecule has 5 aromatic rings. The molecule has 0 saturated heterocycles. The second-order valence-electron chi connectivity index (χ2n) is 13.1. The van der Waals surface area contributed by atoms with Crippen LogP contribution in [0.15, 0.2) is 115 Å². The number of aliphatic hydroxyl groups excluding tert-OH is 1. The summed E-state index contributed by atoms with van der Waals surface area (Å²) in [5.74, 6) is -4.09. The van der Waals surface area contributed by atoms with Crippen LogP contribution in [0.5, 0.6) is 11.5 Å². The van der Waals surface area contributed by atoms with Gasteiger partial charge in [-0.05, 0) is 65.9 Å². The molecule has 6 rings (SSSR count). The molecule has 1 aliphatic rings. The summed E-state index contributed by atoms with van der Waals surface area (Å²) in [5.41, 5.74) is 0.224. The van der Waals surface area contributed by atoms with Gasteiger partial charge in [0.25, 0.3) is 0 Å². The van der Waals surface area contributed by atoms with E-state index in [4.69, 9.17) is 14.2 Å². The number of ether oxygens (including phenoxy) is 3. The van der Waals surface area contributed by atoms with Gasteiger partial charge in [-0.1, -0.05) is 78.9 Å². The molecule has 0 heterocycles. The first-order valence-corrected chi connectivity index (χ1v) is 17.1. The molecule has 5 aromatic carbocycles. The van der Waals surface area contributed by atoms with Crippen LogP contribution in [0.1, 0.15) is 29.5 Å². The van der Waals surface area contributed by atoms with E-state index >= 15 is 0 Å². The lowest BCUT2D eigenvalue weighted by Gasteiger charge is -2.37. The number of rotatable bonds is 11. The van der Waals surface area contributed by atoms with Crippen molar-refractivity contribution in [3.63, 3.8) is 0 Å². The first kappa shape index (κ1) is 39.1. The van der Waals surface area contributed by atoms with Crippen molar-refractivity contribution in [2.24, 2.45) is 5.92 Å². The van der Waals surface area contributed by atoms with E-state index in [9.17, 15) is 41.0 Å². The molecule has 1 saturated carbocycles. The summed E-state index contributed by atoms with van der Waals surface area (Å²) in [5, 5.41) is 13.1. The number of nitrogens with one attached hydrogen (secondary N) is 1. The zero-order valence-corrected chi connectivity index (χ0v) is 29.5. The third kappa shape index (κ3) is 7.96. The van der Waals surface area contributed by atoms with Crippen molar-refractivity contribution in [3.8, 4) is 11.5 Å². The second kappa shape index (κ2) is 15.6. The van der Waals surface area contributed by atoms with Crippen molar-refractivity contribution in [3.05, 3.63) is 132 Å². The number of halogens is 6. The largest absolute Gasteiger partial charge is 0.497 e. The first-order valence-electron chi connectivity index (χ1n) is 17.1. The molecule has 1 aliphatic carbocycles. The average molecular weight is 767 g/mol. The topological polar surface area (TPSA) is 97.3 Å². The molecule has 2 N–H and O–H groups in total. The third-order valence-electron chi connectivity index (χ3n) is 9.81. The van der Waals surface area contributed by atoms with E-state index in [-0.39, 0.29) is 41.6 Å². The molecule has 0 unspecified atom stereocenters. The number of alkyl halides is 6. The Morgan fingerprint density at radius 2 is 1.24 bits per heavy atom. The van der Waals surface area contributed by atoms with Crippen LogP contribution in [0.3, 0.4) is 0 Å². The summed E-state index contributed by atoms with van der Waals surface area (Å²) in [6.45, 7) is -0.165. The summed E-state index contributed by atoms with van der Waals surface area (Å²) in [7, 11) is 3.07. The highest BCUT2D eigenvalue weighted by Crippen LogP contribution is 2.45. The lowest BCUT2D eigenvalue weighted by Crippen LogP contribution is -2.47. The van der Waals surface area contributed by atoms with E-state index in [2.05, 4.69) is 0 Å². The van der Waals surface area contributed by atoms with E-state index in [0.29, 0.717) is 33.1 Å². The standard InChI is InChI=1S/C41H36F6N2O6/c1-53-30-18-14-27(15-19-30)39(26-8-4-3-5-9-26,28-16-20-31(54-2)21-17-28)55-24-25-22-29(23-36(25)50)49(38(52)41(45,46)47)35-13-7-10-32-33(35)11-6-12-34(32)48-37(51)40(42,43)44/h3-21,25,29,36,50H,22-24H2,1-2H3,(H,48,51)/t25-,29-,36+/m1/s1. The summed E-state index contributed by atoms with van der Waals surface area (Å²) in [4.78, 5) is 25.5. The monoisotopic (exact) mass is 766 g/mol. The molecular weight excluding hydrogens is 730 g/mol. The van der Waals surface area contributed by atoms with Crippen LogP contribution in [-0.2, 0) is 19.9 Å². The van der Waals surface area contributed by atoms with Crippen molar-refractivity contribution in [1.29, 1.82) is 0 Å². The minimum absolute atomic E-state index is 0.0172. The highest BCUT2D eigenvalue weighted by atomic mass is 19.4. The maximum Gasteiger partial charge on any atom is 0.471 e. The number of carbonyl (C=O) groups is 2. The molecule has 288 valence electrons. The van der Waals surface area contributed by atoms with Gasteiger partial charge in [0.05, 0.1) is 32.6 Å². The summed E-state index contributed by atoms with van der Waals surface area (Å²) < 4.78 is 100.0. The number of nitrogens with zero attached hydrogens (tertiary/aromatic N) is 1. The first-order chi connectivity index (χ1) is 26.2. The van der Waals surface area contributed by atoms with Gasteiger partial charge in [0.2, 0.25) is 0 Å². The lowest BCUT2D eigenvalue weighted by atomic mass is 9.79. The summed E-state index contributed by atoms with van der Waals surface area (Å²) in [6, 6.07) is 30.1. The van der Waals surface area contributed by atoms with Crippen molar-refractivity contribution in [1.82, 2.24) is 0 Å². The number of carbonyl (C=O) groups excluding carboxylic acids is 2. The van der Waals surface area contributed by atoms with Gasteiger partial charge in [-0.3, -0.25) is 9.59 Å². The maximum absolute atomic E-state index is 14.3. The predicted octanol–water partition coefficient (Wildman–Crippen LogP) is 8.40. The normalized spacial score (nSPS) is 17.5. The van der Waals surface area contributed by atoms with Crippen LogP contribution >= 0.6 is 0 Å². The molecule has 14 heteroatoms. The predicted molar refractivity (Wildman–Crippen MR) is 193 cm³/mol. The lowest BCUT2D eigenvalue weighted by molar-refractivity contribution is -0.171. The number of benzene rings is 5. The quantitative estimate of drug-likeness (QED) is 0.104. The molecule has 2 amide bonds. The van der Waals surface area contributed by atoms with Crippen molar-refractivity contribution in [2.45, 2.75) is 42.9 Å². The Hall–Kier alpha value is -5.60. The van der Waals surface area contributed by atoms with Crippen molar-refractivity contribution < 1.29 is 55.2 Å². The molecule has 0 radical (unpaired) electrons. The Labute approximate surface area is 312 Å². The summed E-state index contributed by atoms with van der Waals surface area (Å²) in [6.07, 6.45) is -12.2. The average Bonchev–Trinajstić information content (AvgIpc) is 3.54. The van der Waals surface area contributed by atoms with E-state index in [0.717, 1.165) is 0 Å². The maximum atomic E-state index is 14.3. The van der Waals surface area contributed by atoms with Crippen molar-refractivity contribution in [2.75, 3.05) is 31.0 Å². The number of hydrogen-bond acceptors (Lipinski definition) is 6. The van der Waals surface area contributed by atoms with Crippen LogP contribution in [0.2, 0.25) is 0 Å². The molecule has 0 bridgehead atoms. The number of fused-ring (bicyclic) bond motifs is 1. The van der Waals surface area contributed by atoms with Gasteiger partial charge in [-0.25, -0.2) is 0 Å². The molecule has 8 nitrogen and oxygen atoms in total. The van der Waals surface area contributed by atoms with Gasteiger partial charge in [0.15, 0.2) is 0 Å². The highest BCUT2D eigenvalue weighted by Gasteiger charge is 2.49. The van der Waals surface area contributed by atoms with E-state index in [1.165, 1.54) is 50.6 Å². The zero-order chi connectivity index (χ0) is 39.5. The molecule has 1 fully saturated rings. The second-order valence-corrected chi connectivity index (χ2v) is 13.1. The van der Waals surface area contributed by atoms with Crippen LogP contribution in [-0.4, -0.2) is 62.2 Å². The Kier molecular flexibility index (Phi) is 11.1. The Bertz CT molecular complexity index is 2080. The number of aliphatic hydroxyl groups is 1. The molecule has 0 spiro atoms. The van der Waals surface area contributed by atoms with Crippen LogP contribution in [0.4, 0.5) is 37.7 Å². The Balaban J connectivity index is 1.38. The summed E-state index contributed by atoms with van der Waals surface area (Å²) >= 11 is 0. The SMILES string of the molecule is COc1ccc(C(OC[C@H]2C[C@@H](N(C(=O)C(F)(F)F)c3cccc4c(NC(=O)C(F)(F)F)cccc34)C[C@@H]2O)(c2ccccc2)c2ccc(OC)cc2)cc1. The van der Waals surface area contributed by atoms with Gasteiger partial charge >= 0.3 is 24.2 Å². The smallest absolute Gasteiger partial charge is 0.471 e. The molecule has 0 aliphatic heterocycles. The van der Waals surface area contributed by atoms with Gasteiger partial charge < -0.3 is 29.5 Å². The minimum atomic E-state index is -5.35. The fourth-order valence-corrected chi connectivity index (χ4v) is 7.18. The number of amides is 2. The fraction of sp³-hybridized carbons (Fsp3) is 0.268. The van der Waals surface area contributed by atoms with Crippen LogP contribution in [0.25, 0.3) is 10.8 Å². The van der Waals surface area contributed by atoms with Gasteiger partial charge in [0, 0.05) is 28.4 Å². The number of hydrogen-bond donors (Lipinski definition) is 2. The van der Waals surface area contributed by atoms with E-state index in [1.54, 1.807) is 29.6 Å². The molecule has 55 heavy (non-hydrogen) atoms. The number of methoxy groups -OCH3 is 2. The Morgan fingerprint density at radius 1 is 0.691 bits per heavy atom. The van der Waals surface area contributed by atoms with Gasteiger partial charge in [-0.15, -0.1) is 0 Å². The minimum Gasteiger partial charge on any atom is -0.497 e. The van der Waals surface area contributed by atoms with Crippen molar-refractivity contribution >= 4 is 34.0 Å². The van der Waals surface area contributed by atoms with Crippen LogP contribution in [0, 0.1) is 5.92 Å². The molecule has 0 aromatic heterocycles. The van der Waals surface area contributed by atoms with E-state index < -0.39 is 47.8 Å². The number of anilines is 2. The van der Waals surface area contributed by atoms with Crippen LogP contribution < -0.4 is 19.7 Å². The van der Waals surface area contributed by atoms with Gasteiger partial charge in [-0.2, -0.15) is 26.3 Å². The Morgan fingerprint density at radius 3 is 1.78 bits per heavy atom. The van der Waals surface area contributed by atoms with Gasteiger partial charge in [0.1, 0.15) is 17.1 Å². The third-order valence-corrected chi connectivity index (χ3v) is 9.81. The fourth-order valence-electron chi connectivity index (χ4n) is 7.18. The van der Waals surface area contributed by atoms with E-state index in [1.807, 2.05) is 54.6 Å². The zero-order valence-electron chi connectivity index (χ0n) is 29.5. The highest BCUT2D eigenvalue weighted by molar-refractivity contribution is 6.11.